The van der Waals surface area contributed by atoms with Gasteiger partial charge >= 0.3 is 6.18 Å². The minimum Gasteiger partial charge on any atom is -0.363 e. The van der Waals surface area contributed by atoms with Gasteiger partial charge in [0, 0.05) is 19.6 Å². The van der Waals surface area contributed by atoms with Crippen LogP contribution in [0.4, 0.5) is 13.2 Å². The molecule has 2 atom stereocenters. The van der Waals surface area contributed by atoms with E-state index >= 15 is 0 Å². The first-order valence-corrected chi connectivity index (χ1v) is 5.93. The summed E-state index contributed by atoms with van der Waals surface area (Å²) in [6, 6.07) is 9.51. The number of hydrogen-bond donors (Lipinski definition) is 0. The first kappa shape index (κ1) is 13.4. The average molecular weight is 259 g/mol. The number of benzene rings is 1. The maximum absolute atomic E-state index is 12.7. The summed E-state index contributed by atoms with van der Waals surface area (Å²) in [5, 5.41) is 0. The van der Waals surface area contributed by atoms with E-state index in [4.69, 9.17) is 4.74 Å². The van der Waals surface area contributed by atoms with E-state index in [0.717, 1.165) is 5.56 Å². The Bertz CT molecular complexity index is 380. The third-order valence-corrected chi connectivity index (χ3v) is 2.95. The largest absolute Gasteiger partial charge is 0.415 e. The molecule has 1 aliphatic heterocycles. The van der Waals surface area contributed by atoms with Crippen LogP contribution in [0, 0.1) is 0 Å². The molecular weight excluding hydrogens is 243 g/mol. The predicted octanol–water partition coefficient (Wildman–Crippen LogP) is 2.84. The fraction of sp³-hybridized carbons (Fsp3) is 0.538. The van der Waals surface area contributed by atoms with Gasteiger partial charge in [0.15, 0.2) is 6.10 Å². The molecule has 0 bridgehead atoms. The monoisotopic (exact) mass is 259 g/mol. The Kier molecular flexibility index (Phi) is 3.92. The summed E-state index contributed by atoms with van der Waals surface area (Å²) in [6.45, 7) is 2.64. The lowest BCUT2D eigenvalue weighted by Gasteiger charge is -2.37. The van der Waals surface area contributed by atoms with Crippen molar-refractivity contribution in [1.82, 2.24) is 4.90 Å². The summed E-state index contributed by atoms with van der Waals surface area (Å²) in [5.74, 6) is 0. The maximum Gasteiger partial charge on any atom is 0.415 e. The van der Waals surface area contributed by atoms with Crippen molar-refractivity contribution < 1.29 is 17.9 Å². The van der Waals surface area contributed by atoms with E-state index in [-0.39, 0.29) is 6.54 Å². The average Bonchev–Trinajstić information content (AvgIpc) is 2.28. The molecule has 0 amide bonds. The van der Waals surface area contributed by atoms with Crippen LogP contribution < -0.4 is 0 Å². The van der Waals surface area contributed by atoms with E-state index in [1.54, 1.807) is 11.8 Å². The molecule has 1 fully saturated rings. The van der Waals surface area contributed by atoms with Crippen molar-refractivity contribution in [2.75, 3.05) is 13.1 Å². The number of hydrogen-bond acceptors (Lipinski definition) is 2. The van der Waals surface area contributed by atoms with Crippen molar-refractivity contribution in [3.63, 3.8) is 0 Å². The lowest BCUT2D eigenvalue weighted by Crippen LogP contribution is -2.51. The standard InChI is InChI=1S/C13H16F3NO/c1-10-7-17(8-11-5-3-2-4-6-11)9-12(18-10)13(14,15)16/h2-6,10,12H,7-9H2,1H3/t10-,12+/m0/s1. The van der Waals surface area contributed by atoms with E-state index in [9.17, 15) is 13.2 Å². The predicted molar refractivity (Wildman–Crippen MR) is 62.1 cm³/mol. The van der Waals surface area contributed by atoms with E-state index < -0.39 is 18.4 Å². The highest BCUT2D eigenvalue weighted by Gasteiger charge is 2.44. The maximum atomic E-state index is 12.7. The van der Waals surface area contributed by atoms with Gasteiger partial charge in [-0.25, -0.2) is 0 Å². The Balaban J connectivity index is 2.01. The number of nitrogens with zero attached hydrogens (tertiary/aromatic N) is 1. The molecule has 1 aromatic carbocycles. The molecule has 1 aliphatic rings. The molecule has 0 unspecified atom stereocenters. The van der Waals surface area contributed by atoms with E-state index in [1.165, 1.54) is 0 Å². The van der Waals surface area contributed by atoms with Gasteiger partial charge in [-0.1, -0.05) is 30.3 Å². The fourth-order valence-corrected chi connectivity index (χ4v) is 2.19. The molecule has 0 radical (unpaired) electrons. The van der Waals surface area contributed by atoms with Gasteiger partial charge in [0.2, 0.25) is 0 Å². The second-order valence-electron chi connectivity index (χ2n) is 4.66. The fourth-order valence-electron chi connectivity index (χ4n) is 2.19. The molecule has 2 rings (SSSR count). The van der Waals surface area contributed by atoms with Crippen LogP contribution in [-0.4, -0.2) is 36.4 Å². The highest BCUT2D eigenvalue weighted by atomic mass is 19.4. The van der Waals surface area contributed by atoms with Crippen molar-refractivity contribution >= 4 is 0 Å². The number of alkyl halides is 3. The molecule has 1 heterocycles. The third-order valence-electron chi connectivity index (χ3n) is 2.95. The highest BCUT2D eigenvalue weighted by molar-refractivity contribution is 5.14. The Morgan fingerprint density at radius 1 is 1.22 bits per heavy atom. The smallest absolute Gasteiger partial charge is 0.363 e. The number of halogens is 3. The first-order valence-electron chi connectivity index (χ1n) is 5.93. The van der Waals surface area contributed by atoms with Crippen LogP contribution in [0.1, 0.15) is 12.5 Å². The first-order chi connectivity index (χ1) is 8.45. The van der Waals surface area contributed by atoms with Crippen molar-refractivity contribution in [3.05, 3.63) is 35.9 Å². The Morgan fingerprint density at radius 3 is 2.50 bits per heavy atom. The zero-order chi connectivity index (χ0) is 13.2. The van der Waals surface area contributed by atoms with E-state index in [0.29, 0.717) is 13.1 Å². The second kappa shape index (κ2) is 5.28. The molecule has 100 valence electrons. The van der Waals surface area contributed by atoms with Gasteiger partial charge in [-0.3, -0.25) is 4.90 Å². The molecule has 0 spiro atoms. The van der Waals surface area contributed by atoms with Gasteiger partial charge in [0.05, 0.1) is 6.10 Å². The zero-order valence-corrected chi connectivity index (χ0v) is 10.2. The third kappa shape index (κ3) is 3.46. The molecule has 0 aliphatic carbocycles. The molecule has 1 aromatic rings. The van der Waals surface area contributed by atoms with Crippen molar-refractivity contribution in [3.8, 4) is 0 Å². The SMILES string of the molecule is C[C@H]1CN(Cc2ccccc2)C[C@H](C(F)(F)F)O1. The Morgan fingerprint density at radius 2 is 1.89 bits per heavy atom. The van der Waals surface area contributed by atoms with E-state index in [2.05, 4.69) is 0 Å². The molecule has 0 N–H and O–H groups in total. The van der Waals surface area contributed by atoms with Gasteiger partial charge in [-0.2, -0.15) is 13.2 Å². The number of ether oxygens (including phenoxy) is 1. The quantitative estimate of drug-likeness (QED) is 0.809. The molecule has 0 aromatic heterocycles. The van der Waals surface area contributed by atoms with Crippen molar-refractivity contribution in [2.45, 2.75) is 31.9 Å². The van der Waals surface area contributed by atoms with Crippen LogP contribution >= 0.6 is 0 Å². The van der Waals surface area contributed by atoms with Crippen LogP contribution in [0.15, 0.2) is 30.3 Å². The van der Waals surface area contributed by atoms with Crippen LogP contribution in [0.3, 0.4) is 0 Å². The molecule has 0 saturated carbocycles. The van der Waals surface area contributed by atoms with Gasteiger partial charge in [0.1, 0.15) is 0 Å². The number of morpholine rings is 1. The van der Waals surface area contributed by atoms with Crippen LogP contribution in [0.25, 0.3) is 0 Å². The van der Waals surface area contributed by atoms with Crippen LogP contribution in [-0.2, 0) is 11.3 Å². The molecular formula is C13H16F3NO. The van der Waals surface area contributed by atoms with Crippen LogP contribution in [0.2, 0.25) is 0 Å². The topological polar surface area (TPSA) is 12.5 Å². The van der Waals surface area contributed by atoms with Crippen LogP contribution in [0.5, 0.6) is 0 Å². The summed E-state index contributed by atoms with van der Waals surface area (Å²) in [6.07, 6.45) is -6.36. The summed E-state index contributed by atoms with van der Waals surface area (Å²) in [4.78, 5) is 1.79. The molecule has 1 saturated heterocycles. The van der Waals surface area contributed by atoms with Gasteiger partial charge in [-0.05, 0) is 12.5 Å². The van der Waals surface area contributed by atoms with Gasteiger partial charge in [-0.15, -0.1) is 0 Å². The highest BCUT2D eigenvalue weighted by Crippen LogP contribution is 2.28. The summed E-state index contributed by atoms with van der Waals surface area (Å²) < 4.78 is 43.0. The summed E-state index contributed by atoms with van der Waals surface area (Å²) in [7, 11) is 0. The Labute approximate surface area is 104 Å². The van der Waals surface area contributed by atoms with Crippen molar-refractivity contribution in [1.29, 1.82) is 0 Å². The second-order valence-corrected chi connectivity index (χ2v) is 4.66. The molecule has 5 heteroatoms. The zero-order valence-electron chi connectivity index (χ0n) is 10.2. The normalized spacial score (nSPS) is 26.2. The lowest BCUT2D eigenvalue weighted by molar-refractivity contribution is -0.252. The summed E-state index contributed by atoms with van der Waals surface area (Å²) in [5.41, 5.74) is 1.02. The minimum absolute atomic E-state index is 0.0945. The van der Waals surface area contributed by atoms with E-state index in [1.807, 2.05) is 30.3 Å². The molecule has 18 heavy (non-hydrogen) atoms. The Hall–Kier alpha value is -1.07. The molecule has 2 nitrogen and oxygen atoms in total. The summed E-state index contributed by atoms with van der Waals surface area (Å²) >= 11 is 0. The van der Waals surface area contributed by atoms with Gasteiger partial charge < -0.3 is 4.74 Å². The lowest BCUT2D eigenvalue weighted by atomic mass is 10.1. The van der Waals surface area contributed by atoms with Crippen molar-refractivity contribution in [2.24, 2.45) is 0 Å². The van der Waals surface area contributed by atoms with Gasteiger partial charge in [0.25, 0.3) is 0 Å². The number of rotatable bonds is 2. The minimum atomic E-state index is -4.29.